The van der Waals surface area contributed by atoms with Gasteiger partial charge in [-0.05, 0) is 105 Å². The first-order valence-electron chi connectivity index (χ1n) is 17.5. The van der Waals surface area contributed by atoms with E-state index >= 15 is 0 Å². The van der Waals surface area contributed by atoms with Gasteiger partial charge in [0.15, 0.2) is 0 Å². The Bertz CT molecular complexity index is 1480. The van der Waals surface area contributed by atoms with Crippen LogP contribution in [0.15, 0.2) is 84.9 Å². The summed E-state index contributed by atoms with van der Waals surface area (Å²) in [5.74, 6) is 1.42. The van der Waals surface area contributed by atoms with E-state index in [1.807, 2.05) is 41.3 Å². The number of carbonyl (C=O) groups is 3. The molecule has 4 aliphatic carbocycles. The molecule has 0 aromatic heterocycles. The molecule has 3 aromatic carbocycles. The van der Waals surface area contributed by atoms with E-state index in [0.717, 1.165) is 70.0 Å². The van der Waals surface area contributed by atoms with E-state index in [-0.39, 0.29) is 23.6 Å². The van der Waals surface area contributed by atoms with Crippen LogP contribution in [0.5, 0.6) is 0 Å². The van der Waals surface area contributed by atoms with Gasteiger partial charge < -0.3 is 15.5 Å². The van der Waals surface area contributed by atoms with Crippen molar-refractivity contribution >= 4 is 17.7 Å². The standard InChI is InChI=1S/C40H47N3O3/c44-36(43-20-8-3-9-21-43)34-16-14-29(15-17-34)27-42-38(46)40-25-30-22-31(26-40)24-39(23-30,28-40)37(45)41-19-18-35(32-10-4-1-5-11-32)33-12-6-2-7-13-33/h1-2,4-7,10-17,30-31,35H,3,8-9,18-28H2,(H,41,45)(H,42,46). The lowest BCUT2D eigenvalue weighted by atomic mass is 9.43. The van der Waals surface area contributed by atoms with Crippen molar-refractivity contribution in [3.8, 4) is 0 Å². The summed E-state index contributed by atoms with van der Waals surface area (Å²) in [5.41, 5.74) is 3.31. The predicted octanol–water partition coefficient (Wildman–Crippen LogP) is 6.85. The highest BCUT2D eigenvalue weighted by Gasteiger charge is 2.62. The second-order valence-corrected chi connectivity index (χ2v) is 14.7. The molecule has 4 bridgehead atoms. The van der Waals surface area contributed by atoms with Crippen molar-refractivity contribution in [2.75, 3.05) is 19.6 Å². The summed E-state index contributed by atoms with van der Waals surface area (Å²) in [6, 6.07) is 28.8. The first-order valence-corrected chi connectivity index (χ1v) is 17.5. The van der Waals surface area contributed by atoms with Crippen LogP contribution in [-0.4, -0.2) is 42.3 Å². The van der Waals surface area contributed by atoms with Gasteiger partial charge in [-0.1, -0.05) is 72.8 Å². The Morgan fingerprint density at radius 1 is 0.696 bits per heavy atom. The highest BCUT2D eigenvalue weighted by atomic mass is 16.2. The number of nitrogens with zero attached hydrogens (tertiary/aromatic N) is 1. The van der Waals surface area contributed by atoms with Crippen molar-refractivity contribution < 1.29 is 14.4 Å². The number of likely N-dealkylation sites (tertiary alicyclic amines) is 1. The van der Waals surface area contributed by atoms with E-state index in [0.29, 0.717) is 36.9 Å². The fourth-order valence-electron chi connectivity index (χ4n) is 9.62. The number of benzene rings is 3. The Hall–Kier alpha value is -3.93. The molecule has 0 radical (unpaired) electrons. The lowest BCUT2D eigenvalue weighted by molar-refractivity contribution is -0.167. The quantitative estimate of drug-likeness (QED) is 0.261. The smallest absolute Gasteiger partial charge is 0.253 e. The van der Waals surface area contributed by atoms with Crippen molar-refractivity contribution in [3.63, 3.8) is 0 Å². The summed E-state index contributed by atoms with van der Waals surface area (Å²) >= 11 is 0. The zero-order chi connectivity index (χ0) is 31.6. The molecular formula is C40H47N3O3. The van der Waals surface area contributed by atoms with Gasteiger partial charge in [0.25, 0.3) is 5.91 Å². The number of amides is 3. The zero-order valence-electron chi connectivity index (χ0n) is 26.9. The molecule has 2 N–H and O–H groups in total. The summed E-state index contributed by atoms with van der Waals surface area (Å²) in [6.07, 6.45) is 9.54. The first-order chi connectivity index (χ1) is 22.4. The molecule has 1 heterocycles. The van der Waals surface area contributed by atoms with Crippen LogP contribution in [0.1, 0.15) is 97.2 Å². The molecule has 3 amide bonds. The first kappa shape index (κ1) is 30.7. The number of rotatable bonds is 10. The molecule has 2 atom stereocenters. The maximum atomic E-state index is 14.0. The van der Waals surface area contributed by atoms with Crippen molar-refractivity contribution in [1.29, 1.82) is 0 Å². The normalized spacial score (nSPS) is 26.6. The monoisotopic (exact) mass is 617 g/mol. The number of hydrogen-bond donors (Lipinski definition) is 2. The number of piperidine rings is 1. The van der Waals surface area contributed by atoms with Crippen molar-refractivity contribution in [1.82, 2.24) is 15.5 Å². The van der Waals surface area contributed by atoms with Crippen LogP contribution < -0.4 is 10.6 Å². The molecule has 1 saturated heterocycles. The van der Waals surface area contributed by atoms with Crippen LogP contribution in [0.2, 0.25) is 0 Å². The van der Waals surface area contributed by atoms with E-state index in [4.69, 9.17) is 0 Å². The predicted molar refractivity (Wildman–Crippen MR) is 180 cm³/mol. The second kappa shape index (κ2) is 13.1. The Morgan fingerprint density at radius 3 is 1.80 bits per heavy atom. The molecule has 3 aromatic rings. The lowest BCUT2D eigenvalue weighted by Crippen LogP contribution is -2.61. The SMILES string of the molecule is O=C(c1ccc(CNC(=O)C23CC4CC(CC(C(=O)NCCC(c5ccccc5)c5ccccc5)(C4)C2)C3)cc1)N1CCCCC1. The minimum atomic E-state index is -0.470. The van der Waals surface area contributed by atoms with Crippen molar-refractivity contribution in [3.05, 3.63) is 107 Å². The maximum absolute atomic E-state index is 14.0. The number of carbonyl (C=O) groups excluding carboxylic acids is 3. The average Bonchev–Trinajstić information content (AvgIpc) is 3.09. The topological polar surface area (TPSA) is 78.5 Å². The van der Waals surface area contributed by atoms with Crippen LogP contribution in [0.3, 0.4) is 0 Å². The fraction of sp³-hybridized carbons (Fsp3) is 0.475. The van der Waals surface area contributed by atoms with Crippen LogP contribution in [0.25, 0.3) is 0 Å². The summed E-state index contributed by atoms with van der Waals surface area (Å²) < 4.78 is 0. The third kappa shape index (κ3) is 6.23. The van der Waals surface area contributed by atoms with E-state index in [1.165, 1.54) is 17.5 Å². The van der Waals surface area contributed by atoms with Gasteiger partial charge in [-0.3, -0.25) is 14.4 Å². The summed E-state index contributed by atoms with van der Waals surface area (Å²) in [7, 11) is 0. The molecule has 6 nitrogen and oxygen atoms in total. The fourth-order valence-corrected chi connectivity index (χ4v) is 9.62. The lowest BCUT2D eigenvalue weighted by Gasteiger charge is -2.60. The van der Waals surface area contributed by atoms with Gasteiger partial charge in [-0.15, -0.1) is 0 Å². The largest absolute Gasteiger partial charge is 0.356 e. The van der Waals surface area contributed by atoms with Gasteiger partial charge in [0.2, 0.25) is 11.8 Å². The summed E-state index contributed by atoms with van der Waals surface area (Å²) in [4.78, 5) is 42.8. The minimum Gasteiger partial charge on any atom is -0.356 e. The van der Waals surface area contributed by atoms with E-state index in [9.17, 15) is 14.4 Å². The molecule has 5 aliphatic rings. The Morgan fingerprint density at radius 2 is 1.24 bits per heavy atom. The van der Waals surface area contributed by atoms with Crippen molar-refractivity contribution in [2.24, 2.45) is 22.7 Å². The van der Waals surface area contributed by atoms with Crippen LogP contribution in [0.4, 0.5) is 0 Å². The van der Waals surface area contributed by atoms with Gasteiger partial charge >= 0.3 is 0 Å². The van der Waals surface area contributed by atoms with Gasteiger partial charge in [0, 0.05) is 37.7 Å². The van der Waals surface area contributed by atoms with E-state index in [1.54, 1.807) is 0 Å². The molecule has 4 saturated carbocycles. The Balaban J connectivity index is 0.980. The third-order valence-electron chi connectivity index (χ3n) is 11.4. The van der Waals surface area contributed by atoms with Crippen LogP contribution in [-0.2, 0) is 16.1 Å². The average molecular weight is 618 g/mol. The van der Waals surface area contributed by atoms with Gasteiger partial charge in [0.05, 0.1) is 10.8 Å². The van der Waals surface area contributed by atoms with Gasteiger partial charge in [-0.25, -0.2) is 0 Å². The molecule has 5 fully saturated rings. The van der Waals surface area contributed by atoms with Crippen molar-refractivity contribution in [2.45, 2.75) is 76.7 Å². The molecule has 1 aliphatic heterocycles. The molecule has 2 unspecified atom stereocenters. The van der Waals surface area contributed by atoms with Gasteiger partial charge in [-0.2, -0.15) is 0 Å². The molecule has 46 heavy (non-hydrogen) atoms. The molecule has 8 rings (SSSR count). The molecule has 0 spiro atoms. The minimum absolute atomic E-state index is 0.0977. The highest BCUT2D eigenvalue weighted by Crippen LogP contribution is 2.65. The zero-order valence-corrected chi connectivity index (χ0v) is 26.9. The number of nitrogens with one attached hydrogen (secondary N) is 2. The second-order valence-electron chi connectivity index (χ2n) is 14.7. The van der Waals surface area contributed by atoms with Crippen LogP contribution in [0, 0.1) is 22.7 Å². The van der Waals surface area contributed by atoms with E-state index in [2.05, 4.69) is 59.2 Å². The summed E-state index contributed by atoms with van der Waals surface area (Å²) in [5, 5.41) is 6.61. The molecular weight excluding hydrogens is 570 g/mol. The maximum Gasteiger partial charge on any atom is 0.253 e. The van der Waals surface area contributed by atoms with Crippen LogP contribution >= 0.6 is 0 Å². The third-order valence-corrected chi connectivity index (χ3v) is 11.4. The molecule has 6 heteroatoms. The van der Waals surface area contributed by atoms with E-state index < -0.39 is 10.8 Å². The molecule has 240 valence electrons. The Labute approximate surface area is 273 Å². The highest BCUT2D eigenvalue weighted by molar-refractivity contribution is 5.94. The Kier molecular flexibility index (Phi) is 8.72. The number of hydrogen-bond acceptors (Lipinski definition) is 3. The summed E-state index contributed by atoms with van der Waals surface area (Å²) in [6.45, 7) is 2.72. The van der Waals surface area contributed by atoms with Gasteiger partial charge in [0.1, 0.15) is 0 Å².